The minimum absolute atomic E-state index is 0.0958. The minimum atomic E-state index is -0.995. The molecule has 1 aromatic heterocycles. The van der Waals surface area contributed by atoms with E-state index in [2.05, 4.69) is 4.98 Å². The normalized spacial score (nSPS) is 31.4. The van der Waals surface area contributed by atoms with Gasteiger partial charge in [-0.25, -0.2) is 0 Å². The summed E-state index contributed by atoms with van der Waals surface area (Å²) in [4.78, 5) is 31.8. The van der Waals surface area contributed by atoms with Gasteiger partial charge in [0.05, 0.1) is 26.4 Å². The summed E-state index contributed by atoms with van der Waals surface area (Å²) in [5, 5.41) is 11.5. The number of carbonyl (C=O) groups excluding carboxylic acids is 2. The maximum Gasteiger partial charge on any atom is 0.319 e. The molecule has 0 radical (unpaired) electrons. The van der Waals surface area contributed by atoms with Crippen molar-refractivity contribution in [2.45, 2.75) is 43.7 Å². The Labute approximate surface area is 169 Å². The van der Waals surface area contributed by atoms with Crippen LogP contribution in [0, 0.1) is 11.8 Å². The molecule has 1 amide bonds. The molecule has 2 saturated heterocycles. The number of aromatic amines is 1. The first-order valence-electron chi connectivity index (χ1n) is 10.2. The number of benzene rings is 1. The van der Waals surface area contributed by atoms with Gasteiger partial charge in [0, 0.05) is 35.0 Å². The van der Waals surface area contributed by atoms with Crippen molar-refractivity contribution in [2.75, 3.05) is 20.8 Å². The lowest BCUT2D eigenvalue weighted by atomic mass is 9.55. The van der Waals surface area contributed by atoms with Gasteiger partial charge in [0.1, 0.15) is 11.2 Å². The van der Waals surface area contributed by atoms with Crippen LogP contribution in [0.1, 0.15) is 31.0 Å². The van der Waals surface area contributed by atoms with Crippen molar-refractivity contribution >= 4 is 22.8 Å². The van der Waals surface area contributed by atoms with Gasteiger partial charge in [0.25, 0.3) is 0 Å². The van der Waals surface area contributed by atoms with Crippen molar-refractivity contribution in [1.29, 1.82) is 0 Å². The van der Waals surface area contributed by atoms with Crippen molar-refractivity contribution in [3.05, 3.63) is 29.5 Å². The van der Waals surface area contributed by atoms with Gasteiger partial charge in [-0.2, -0.15) is 0 Å². The predicted octanol–water partition coefficient (Wildman–Crippen LogP) is 1.76. The summed E-state index contributed by atoms with van der Waals surface area (Å²) in [7, 11) is 3.03. The summed E-state index contributed by atoms with van der Waals surface area (Å²) >= 11 is 0. The van der Waals surface area contributed by atoms with Crippen LogP contribution in [0.5, 0.6) is 5.75 Å². The Morgan fingerprint density at radius 2 is 2.17 bits per heavy atom. The van der Waals surface area contributed by atoms with Gasteiger partial charge in [-0.1, -0.05) is 0 Å². The molecular formula is C22H26N2O5. The van der Waals surface area contributed by atoms with Gasteiger partial charge < -0.3 is 24.5 Å². The number of H-pyrrole nitrogens is 1. The van der Waals surface area contributed by atoms with E-state index in [-0.39, 0.29) is 23.7 Å². The van der Waals surface area contributed by atoms with Crippen molar-refractivity contribution in [1.82, 2.24) is 9.88 Å². The van der Waals surface area contributed by atoms with Gasteiger partial charge in [-0.3, -0.25) is 9.59 Å². The second-order valence-electron chi connectivity index (χ2n) is 8.62. The average molecular weight is 398 g/mol. The zero-order chi connectivity index (χ0) is 20.5. The first-order chi connectivity index (χ1) is 13.9. The van der Waals surface area contributed by atoms with Crippen molar-refractivity contribution in [2.24, 2.45) is 11.8 Å². The number of aliphatic hydroxyl groups is 1. The lowest BCUT2D eigenvalue weighted by molar-refractivity contribution is -0.176. The van der Waals surface area contributed by atoms with Crippen LogP contribution in [0.15, 0.2) is 18.2 Å². The van der Waals surface area contributed by atoms with Crippen molar-refractivity contribution < 1.29 is 24.2 Å². The third-order valence-corrected chi connectivity index (χ3v) is 7.34. The van der Waals surface area contributed by atoms with Gasteiger partial charge in [0.2, 0.25) is 5.91 Å². The zero-order valence-electron chi connectivity index (χ0n) is 16.9. The van der Waals surface area contributed by atoms with E-state index in [0.717, 1.165) is 27.9 Å². The number of rotatable bonds is 3. The number of esters is 1. The number of hydrogen-bond acceptors (Lipinski definition) is 5. The number of nitrogens with one attached hydrogen (secondary N) is 1. The summed E-state index contributed by atoms with van der Waals surface area (Å²) in [5.74, 6) is 0.0527. The number of nitrogens with zero attached hydrogens (tertiary/aromatic N) is 1. The molecule has 1 aliphatic carbocycles. The van der Waals surface area contributed by atoms with Crippen LogP contribution in [0.2, 0.25) is 0 Å². The number of methoxy groups -OCH3 is 2. The minimum Gasteiger partial charge on any atom is -0.497 e. The summed E-state index contributed by atoms with van der Waals surface area (Å²) in [6.07, 6.45) is 1.05. The third-order valence-electron chi connectivity index (χ3n) is 7.34. The zero-order valence-corrected chi connectivity index (χ0v) is 16.9. The highest BCUT2D eigenvalue weighted by atomic mass is 16.5. The Hall–Kier alpha value is -2.54. The maximum absolute atomic E-state index is 13.4. The van der Waals surface area contributed by atoms with Crippen LogP contribution in [-0.4, -0.2) is 59.8 Å². The monoisotopic (exact) mass is 398 g/mol. The molecule has 3 aliphatic heterocycles. The molecule has 4 aliphatic rings. The van der Waals surface area contributed by atoms with Gasteiger partial charge in [0.15, 0.2) is 0 Å². The number of ether oxygens (including phenoxy) is 2. The van der Waals surface area contributed by atoms with E-state index in [9.17, 15) is 14.7 Å². The molecule has 6 rings (SSSR count). The molecule has 29 heavy (non-hydrogen) atoms. The number of aromatic nitrogens is 1. The van der Waals surface area contributed by atoms with Crippen LogP contribution >= 0.6 is 0 Å². The van der Waals surface area contributed by atoms with E-state index in [1.54, 1.807) is 14.0 Å². The number of hydrogen-bond donors (Lipinski definition) is 2. The molecule has 7 heteroatoms. The smallest absolute Gasteiger partial charge is 0.319 e. The van der Waals surface area contributed by atoms with Crippen LogP contribution in [0.3, 0.4) is 0 Å². The highest BCUT2D eigenvalue weighted by Crippen LogP contribution is 2.56. The fourth-order valence-electron chi connectivity index (χ4n) is 6.15. The van der Waals surface area contributed by atoms with E-state index in [0.29, 0.717) is 25.8 Å². The van der Waals surface area contributed by atoms with E-state index in [4.69, 9.17) is 9.47 Å². The molecular weight excluding hydrogens is 372 g/mol. The van der Waals surface area contributed by atoms with Crippen LogP contribution in [-0.2, 0) is 26.2 Å². The van der Waals surface area contributed by atoms with E-state index < -0.39 is 17.6 Å². The molecule has 154 valence electrons. The van der Waals surface area contributed by atoms with Gasteiger partial charge in [-0.15, -0.1) is 0 Å². The molecule has 2 aromatic rings. The summed E-state index contributed by atoms with van der Waals surface area (Å²) in [5.41, 5.74) is 1.82. The second kappa shape index (κ2) is 6.23. The number of fused-ring (bicyclic) bond motifs is 4. The topological polar surface area (TPSA) is 91.9 Å². The lowest BCUT2D eigenvalue weighted by Crippen LogP contribution is -2.70. The predicted molar refractivity (Wildman–Crippen MR) is 106 cm³/mol. The summed E-state index contributed by atoms with van der Waals surface area (Å²) in [6.45, 7) is 2.28. The SMILES string of the molecule is COC(=O)C12CC3CC(C(C)O)C1N(CCc1c2[nH]c2ccc(OC)cc12)C3=O. The quantitative estimate of drug-likeness (QED) is 0.769. The average Bonchev–Trinajstić information content (AvgIpc) is 3.04. The molecule has 5 atom stereocenters. The third kappa shape index (κ3) is 2.28. The molecule has 7 nitrogen and oxygen atoms in total. The van der Waals surface area contributed by atoms with Gasteiger partial charge in [-0.05, 0) is 49.9 Å². The lowest BCUT2D eigenvalue weighted by Gasteiger charge is -2.57. The summed E-state index contributed by atoms with van der Waals surface area (Å²) in [6, 6.07) is 5.42. The van der Waals surface area contributed by atoms with E-state index >= 15 is 0 Å². The van der Waals surface area contributed by atoms with Crippen LogP contribution in [0.25, 0.3) is 10.9 Å². The second-order valence-corrected chi connectivity index (χ2v) is 8.62. The Morgan fingerprint density at radius 1 is 1.38 bits per heavy atom. The molecule has 3 fully saturated rings. The molecule has 0 spiro atoms. The van der Waals surface area contributed by atoms with Gasteiger partial charge >= 0.3 is 5.97 Å². The first-order valence-corrected chi connectivity index (χ1v) is 10.2. The van der Waals surface area contributed by atoms with Crippen molar-refractivity contribution in [3.63, 3.8) is 0 Å². The molecule has 5 unspecified atom stereocenters. The Morgan fingerprint density at radius 3 is 2.86 bits per heavy atom. The fraction of sp³-hybridized carbons (Fsp3) is 0.545. The molecule has 4 bridgehead atoms. The summed E-state index contributed by atoms with van der Waals surface area (Å²) < 4.78 is 10.7. The van der Waals surface area contributed by atoms with E-state index in [1.165, 1.54) is 7.11 Å². The molecule has 2 N–H and O–H groups in total. The van der Waals surface area contributed by atoms with Crippen molar-refractivity contribution in [3.8, 4) is 5.75 Å². The van der Waals surface area contributed by atoms with Crippen LogP contribution < -0.4 is 4.74 Å². The highest BCUT2D eigenvalue weighted by molar-refractivity contribution is 5.95. The largest absolute Gasteiger partial charge is 0.497 e. The molecule has 1 aromatic carbocycles. The Bertz CT molecular complexity index is 1010. The van der Waals surface area contributed by atoms with E-state index in [1.807, 2.05) is 23.1 Å². The molecule has 1 saturated carbocycles. The Kier molecular flexibility index (Phi) is 3.97. The number of aliphatic hydroxyl groups excluding tert-OH is 1. The fourth-order valence-corrected chi connectivity index (χ4v) is 6.15. The number of amides is 1. The Balaban J connectivity index is 1.81. The maximum atomic E-state index is 13.4. The standard InChI is InChI=1S/C22H26N2O5/c1-11(25)15-8-12-10-22(21(27)29-3)18-14(6-7-24(19(15)22)20(12)26)16-9-13(28-2)4-5-17(16)23-18/h4-5,9,11-12,15,19,23,25H,6-8,10H2,1-3H3. The molecule has 4 heterocycles. The number of piperidine rings is 2. The van der Waals surface area contributed by atoms with Crippen LogP contribution in [0.4, 0.5) is 0 Å². The first kappa shape index (κ1) is 18.5. The number of carbonyl (C=O) groups is 2. The highest BCUT2D eigenvalue weighted by Gasteiger charge is 2.66.